The van der Waals surface area contributed by atoms with E-state index in [2.05, 4.69) is 0 Å². The van der Waals surface area contributed by atoms with Crippen LogP contribution >= 0.6 is 0 Å². The van der Waals surface area contributed by atoms with Gasteiger partial charge in [-0.15, -0.1) is 0 Å². The molecule has 0 radical (unpaired) electrons. The van der Waals surface area contributed by atoms with Gasteiger partial charge in [-0.1, -0.05) is 0 Å². The van der Waals surface area contributed by atoms with Crippen molar-refractivity contribution in [2.45, 2.75) is 51.7 Å². The summed E-state index contributed by atoms with van der Waals surface area (Å²) >= 11 is 0. The van der Waals surface area contributed by atoms with E-state index in [0.717, 1.165) is 0 Å². The van der Waals surface area contributed by atoms with Gasteiger partial charge in [-0.3, -0.25) is 9.59 Å². The van der Waals surface area contributed by atoms with Gasteiger partial charge in [0.2, 0.25) is 0 Å². The Hall–Kier alpha value is -1.10. The number of carbonyl (C=O) groups excluding carboxylic acids is 2. The summed E-state index contributed by atoms with van der Waals surface area (Å²) in [6.45, 7) is 5.36. The monoisotopic (exact) mass is 258 g/mol. The van der Waals surface area contributed by atoms with Gasteiger partial charge in [0.1, 0.15) is 5.60 Å². The number of hydrogen-bond acceptors (Lipinski definition) is 5. The molecule has 0 bridgehead atoms. The van der Waals surface area contributed by atoms with Crippen LogP contribution in [0.2, 0.25) is 0 Å². The van der Waals surface area contributed by atoms with E-state index in [4.69, 9.17) is 9.47 Å². The molecule has 104 valence electrons. The summed E-state index contributed by atoms with van der Waals surface area (Å²) in [5, 5.41) is 9.60. The minimum atomic E-state index is -0.603. The van der Waals surface area contributed by atoms with Crippen LogP contribution in [-0.2, 0) is 19.1 Å². The number of rotatable bonds is 2. The number of esters is 2. The lowest BCUT2D eigenvalue weighted by Gasteiger charge is -2.32. The normalized spacial score (nSPS) is 28.6. The Morgan fingerprint density at radius 3 is 2.22 bits per heavy atom. The van der Waals surface area contributed by atoms with Gasteiger partial charge < -0.3 is 14.6 Å². The molecule has 1 rings (SSSR count). The minimum absolute atomic E-state index is 0.260. The molecule has 0 aromatic heterocycles. The summed E-state index contributed by atoms with van der Waals surface area (Å²) in [7, 11) is 1.29. The van der Waals surface area contributed by atoms with E-state index in [0.29, 0.717) is 12.8 Å². The maximum absolute atomic E-state index is 12.0. The largest absolute Gasteiger partial charge is 0.469 e. The summed E-state index contributed by atoms with van der Waals surface area (Å²) in [6.07, 6.45) is 0.678. The molecular weight excluding hydrogens is 236 g/mol. The molecule has 0 spiro atoms. The van der Waals surface area contributed by atoms with E-state index in [1.54, 1.807) is 20.8 Å². The number of carbonyl (C=O) groups is 2. The fraction of sp³-hybridized carbons (Fsp3) is 0.846. The number of hydrogen-bond donors (Lipinski definition) is 1. The highest BCUT2D eigenvalue weighted by Gasteiger charge is 2.41. The standard InChI is InChI=1S/C13H22O5/c1-13(2,3)18-12(16)9-6-5-8(14)7-10(9)11(15)17-4/h8-10,14H,5-7H2,1-4H3/t8-,9-,10-/m0/s1. The van der Waals surface area contributed by atoms with E-state index in [1.807, 2.05) is 0 Å². The van der Waals surface area contributed by atoms with Crippen molar-refractivity contribution in [2.24, 2.45) is 11.8 Å². The van der Waals surface area contributed by atoms with Crippen molar-refractivity contribution in [2.75, 3.05) is 7.11 Å². The highest BCUT2D eigenvalue weighted by Crippen LogP contribution is 2.33. The smallest absolute Gasteiger partial charge is 0.310 e. The molecule has 1 aliphatic rings. The summed E-state index contributed by atoms with van der Waals surface area (Å²) < 4.78 is 10.00. The Morgan fingerprint density at radius 2 is 1.72 bits per heavy atom. The van der Waals surface area contributed by atoms with Gasteiger partial charge in [0, 0.05) is 0 Å². The van der Waals surface area contributed by atoms with Gasteiger partial charge in [0.25, 0.3) is 0 Å². The molecule has 18 heavy (non-hydrogen) atoms. The quantitative estimate of drug-likeness (QED) is 0.755. The first-order chi connectivity index (χ1) is 8.24. The Labute approximate surface area is 107 Å². The number of methoxy groups -OCH3 is 1. The molecule has 3 atom stereocenters. The van der Waals surface area contributed by atoms with E-state index >= 15 is 0 Å². The van der Waals surface area contributed by atoms with Gasteiger partial charge in [-0.05, 0) is 40.0 Å². The van der Waals surface area contributed by atoms with Crippen molar-refractivity contribution in [1.29, 1.82) is 0 Å². The molecule has 5 nitrogen and oxygen atoms in total. The molecule has 0 aromatic rings. The first kappa shape index (κ1) is 15.0. The highest BCUT2D eigenvalue weighted by atomic mass is 16.6. The maximum atomic E-state index is 12.0. The molecule has 5 heteroatoms. The van der Waals surface area contributed by atoms with E-state index in [9.17, 15) is 14.7 Å². The Bertz CT molecular complexity index is 318. The van der Waals surface area contributed by atoms with Crippen LogP contribution in [-0.4, -0.2) is 35.9 Å². The second-order valence-electron chi connectivity index (χ2n) is 5.74. The lowest BCUT2D eigenvalue weighted by atomic mass is 9.78. The molecule has 1 aliphatic carbocycles. The number of aliphatic hydroxyl groups is 1. The van der Waals surface area contributed by atoms with Crippen molar-refractivity contribution in [3.8, 4) is 0 Å². The summed E-state index contributed by atoms with van der Waals surface area (Å²) in [5.41, 5.74) is -0.576. The third-order valence-electron chi connectivity index (χ3n) is 3.04. The Balaban J connectivity index is 2.77. The average molecular weight is 258 g/mol. The predicted octanol–water partition coefficient (Wildman–Crippen LogP) is 1.28. The molecule has 0 amide bonds. The fourth-order valence-electron chi connectivity index (χ4n) is 2.22. The molecule has 0 saturated heterocycles. The summed E-state index contributed by atoms with van der Waals surface area (Å²) in [6, 6.07) is 0. The van der Waals surface area contributed by atoms with Crippen LogP contribution in [0.25, 0.3) is 0 Å². The molecule has 0 heterocycles. The molecule has 0 aliphatic heterocycles. The first-order valence-electron chi connectivity index (χ1n) is 6.23. The third kappa shape index (κ3) is 3.98. The molecule has 0 unspecified atom stereocenters. The lowest BCUT2D eigenvalue weighted by Crippen LogP contribution is -2.40. The van der Waals surface area contributed by atoms with Gasteiger partial charge >= 0.3 is 11.9 Å². The average Bonchev–Trinajstić information content (AvgIpc) is 2.25. The lowest BCUT2D eigenvalue weighted by molar-refractivity contribution is -0.171. The third-order valence-corrected chi connectivity index (χ3v) is 3.04. The SMILES string of the molecule is COC(=O)[C@H]1C[C@@H](O)CC[C@@H]1C(=O)OC(C)(C)C. The van der Waals surface area contributed by atoms with Gasteiger partial charge in [-0.2, -0.15) is 0 Å². The second kappa shape index (κ2) is 5.69. The fourth-order valence-corrected chi connectivity index (χ4v) is 2.22. The van der Waals surface area contributed by atoms with Crippen molar-refractivity contribution in [3.63, 3.8) is 0 Å². The van der Waals surface area contributed by atoms with E-state index in [-0.39, 0.29) is 12.4 Å². The molecule has 0 aromatic carbocycles. The van der Waals surface area contributed by atoms with Crippen molar-refractivity contribution >= 4 is 11.9 Å². The van der Waals surface area contributed by atoms with E-state index < -0.39 is 29.5 Å². The maximum Gasteiger partial charge on any atom is 0.310 e. The molecular formula is C13H22O5. The van der Waals surface area contributed by atoms with Crippen molar-refractivity contribution < 1.29 is 24.2 Å². The zero-order chi connectivity index (χ0) is 13.9. The van der Waals surface area contributed by atoms with Crippen LogP contribution in [0, 0.1) is 11.8 Å². The van der Waals surface area contributed by atoms with Gasteiger partial charge in [0.05, 0.1) is 25.0 Å². The second-order valence-corrected chi connectivity index (χ2v) is 5.74. The summed E-state index contributed by atoms with van der Waals surface area (Å²) in [5.74, 6) is -1.96. The summed E-state index contributed by atoms with van der Waals surface area (Å²) in [4.78, 5) is 23.7. The van der Waals surface area contributed by atoms with Crippen LogP contribution < -0.4 is 0 Å². The number of aliphatic hydroxyl groups excluding tert-OH is 1. The zero-order valence-electron chi connectivity index (χ0n) is 11.4. The molecule has 1 saturated carbocycles. The van der Waals surface area contributed by atoms with Gasteiger partial charge in [0.15, 0.2) is 0 Å². The van der Waals surface area contributed by atoms with Crippen molar-refractivity contribution in [3.05, 3.63) is 0 Å². The van der Waals surface area contributed by atoms with Crippen molar-refractivity contribution in [1.82, 2.24) is 0 Å². The zero-order valence-corrected chi connectivity index (χ0v) is 11.4. The molecule has 1 N–H and O–H groups in total. The highest BCUT2D eigenvalue weighted by molar-refractivity contribution is 5.82. The van der Waals surface area contributed by atoms with E-state index in [1.165, 1.54) is 7.11 Å². The van der Waals surface area contributed by atoms with Crippen LogP contribution in [0.4, 0.5) is 0 Å². The minimum Gasteiger partial charge on any atom is -0.469 e. The Morgan fingerprint density at radius 1 is 1.11 bits per heavy atom. The first-order valence-corrected chi connectivity index (χ1v) is 6.23. The predicted molar refractivity (Wildman–Crippen MR) is 64.7 cm³/mol. The number of ether oxygens (including phenoxy) is 2. The topological polar surface area (TPSA) is 72.8 Å². The van der Waals surface area contributed by atoms with Crippen LogP contribution in [0.5, 0.6) is 0 Å². The van der Waals surface area contributed by atoms with Crippen LogP contribution in [0.1, 0.15) is 40.0 Å². The van der Waals surface area contributed by atoms with Crippen LogP contribution in [0.3, 0.4) is 0 Å². The van der Waals surface area contributed by atoms with Crippen LogP contribution in [0.15, 0.2) is 0 Å². The molecule has 1 fully saturated rings. The Kier molecular flexibility index (Phi) is 4.73. The van der Waals surface area contributed by atoms with Gasteiger partial charge in [-0.25, -0.2) is 0 Å².